The Hall–Kier alpha value is -1.13. The topological polar surface area (TPSA) is 30.0 Å². The first-order valence-electron chi connectivity index (χ1n) is 5.94. The van der Waals surface area contributed by atoms with Gasteiger partial charge >= 0.3 is 0 Å². The van der Waals surface area contributed by atoms with Crippen LogP contribution >= 0.6 is 23.1 Å². The number of Topliss-reactive ketones (excluding diaryl/α,β-unsaturated/α-hetero) is 1. The van der Waals surface area contributed by atoms with E-state index in [0.29, 0.717) is 6.42 Å². The lowest BCUT2D eigenvalue weighted by Gasteiger charge is -2.08. The molecule has 3 rings (SSSR count). The van der Waals surface area contributed by atoms with Crippen molar-refractivity contribution < 1.29 is 4.79 Å². The zero-order valence-corrected chi connectivity index (χ0v) is 11.5. The molecule has 18 heavy (non-hydrogen) atoms. The zero-order valence-electron chi connectivity index (χ0n) is 9.89. The molecule has 2 aromatic rings. The van der Waals surface area contributed by atoms with Crippen LogP contribution in [-0.4, -0.2) is 16.5 Å². The van der Waals surface area contributed by atoms with Gasteiger partial charge in [0.15, 0.2) is 5.78 Å². The summed E-state index contributed by atoms with van der Waals surface area (Å²) in [4.78, 5) is 18.5. The minimum atomic E-state index is 0.227. The van der Waals surface area contributed by atoms with E-state index in [2.05, 4.69) is 11.1 Å². The monoisotopic (exact) mass is 275 g/mol. The second-order valence-corrected chi connectivity index (χ2v) is 6.56. The number of fused-ring (bicyclic) bond motifs is 1. The van der Waals surface area contributed by atoms with Gasteiger partial charge in [-0.05, 0) is 41.5 Å². The van der Waals surface area contributed by atoms with E-state index in [1.54, 1.807) is 23.7 Å². The van der Waals surface area contributed by atoms with Gasteiger partial charge in [0.25, 0.3) is 0 Å². The van der Waals surface area contributed by atoms with Crippen LogP contribution in [0.3, 0.4) is 0 Å². The summed E-state index contributed by atoms with van der Waals surface area (Å²) in [5.41, 5.74) is 2.41. The largest absolute Gasteiger partial charge is 0.293 e. The normalized spacial score (nSPS) is 14.2. The van der Waals surface area contributed by atoms with Crippen LogP contribution in [0.15, 0.2) is 30.6 Å². The van der Waals surface area contributed by atoms with Gasteiger partial charge in [-0.15, -0.1) is 11.3 Å². The number of thiophene rings is 1. The van der Waals surface area contributed by atoms with Gasteiger partial charge in [0.05, 0.1) is 4.88 Å². The van der Waals surface area contributed by atoms with Gasteiger partial charge < -0.3 is 0 Å². The smallest absolute Gasteiger partial charge is 0.177 e. The minimum absolute atomic E-state index is 0.227. The van der Waals surface area contributed by atoms with Crippen LogP contribution in [0.25, 0.3) is 0 Å². The third-order valence-electron chi connectivity index (χ3n) is 3.02. The Morgan fingerprint density at radius 1 is 1.33 bits per heavy atom. The molecule has 0 unspecified atom stereocenters. The van der Waals surface area contributed by atoms with Crippen LogP contribution in [0.1, 0.15) is 25.7 Å². The first-order valence-corrected chi connectivity index (χ1v) is 7.91. The Bertz CT molecular complexity index is 539. The summed E-state index contributed by atoms with van der Waals surface area (Å²) in [6.45, 7) is 0. The SMILES string of the molecule is O=C(Cc1ccncc1)c1cc2c(s1)CCSC2. The molecule has 0 N–H and O–H groups in total. The number of thioether (sulfide) groups is 1. The van der Waals surface area contributed by atoms with E-state index in [9.17, 15) is 4.79 Å². The first-order chi connectivity index (χ1) is 8.83. The fourth-order valence-corrected chi connectivity index (χ4v) is 4.37. The summed E-state index contributed by atoms with van der Waals surface area (Å²) in [5, 5.41) is 0. The fourth-order valence-electron chi connectivity index (χ4n) is 2.06. The van der Waals surface area contributed by atoms with Gasteiger partial charge in [-0.2, -0.15) is 11.8 Å². The van der Waals surface area contributed by atoms with E-state index < -0.39 is 0 Å². The van der Waals surface area contributed by atoms with Crippen molar-refractivity contribution >= 4 is 28.9 Å². The van der Waals surface area contributed by atoms with E-state index >= 15 is 0 Å². The van der Waals surface area contributed by atoms with Gasteiger partial charge in [0.1, 0.15) is 0 Å². The van der Waals surface area contributed by atoms with E-state index in [1.807, 2.05) is 23.9 Å². The number of aromatic nitrogens is 1. The van der Waals surface area contributed by atoms with Crippen LogP contribution < -0.4 is 0 Å². The summed E-state index contributed by atoms with van der Waals surface area (Å²) in [5.74, 6) is 2.48. The molecule has 2 aromatic heterocycles. The summed E-state index contributed by atoms with van der Waals surface area (Å²) >= 11 is 3.64. The third-order valence-corrected chi connectivity index (χ3v) is 5.30. The van der Waals surface area contributed by atoms with Crippen molar-refractivity contribution in [3.63, 3.8) is 0 Å². The fraction of sp³-hybridized carbons (Fsp3) is 0.286. The second kappa shape index (κ2) is 5.24. The van der Waals surface area contributed by atoms with Gasteiger partial charge in [-0.3, -0.25) is 9.78 Å². The van der Waals surface area contributed by atoms with Crippen molar-refractivity contribution in [2.75, 3.05) is 5.75 Å². The highest BCUT2D eigenvalue weighted by atomic mass is 32.2. The van der Waals surface area contributed by atoms with Crippen LogP contribution in [-0.2, 0) is 18.6 Å². The Balaban J connectivity index is 1.78. The highest BCUT2D eigenvalue weighted by Gasteiger charge is 2.17. The molecule has 0 spiro atoms. The minimum Gasteiger partial charge on any atom is -0.293 e. The number of nitrogens with zero attached hydrogens (tertiary/aromatic N) is 1. The van der Waals surface area contributed by atoms with Gasteiger partial charge in [-0.1, -0.05) is 0 Å². The first kappa shape index (κ1) is 11.9. The number of hydrogen-bond donors (Lipinski definition) is 0. The lowest BCUT2D eigenvalue weighted by atomic mass is 10.1. The highest BCUT2D eigenvalue weighted by molar-refractivity contribution is 7.98. The van der Waals surface area contributed by atoms with Gasteiger partial charge in [0.2, 0.25) is 0 Å². The number of carbonyl (C=O) groups is 1. The lowest BCUT2D eigenvalue weighted by Crippen LogP contribution is -2.01. The molecule has 1 aliphatic rings. The number of rotatable bonds is 3. The number of aryl methyl sites for hydroxylation is 1. The zero-order chi connectivity index (χ0) is 12.4. The maximum Gasteiger partial charge on any atom is 0.177 e. The van der Waals surface area contributed by atoms with E-state index in [-0.39, 0.29) is 5.78 Å². The molecule has 3 heterocycles. The average Bonchev–Trinajstić information content (AvgIpc) is 2.84. The summed E-state index contributed by atoms with van der Waals surface area (Å²) in [6, 6.07) is 5.90. The Morgan fingerprint density at radius 2 is 2.17 bits per heavy atom. The molecular weight excluding hydrogens is 262 g/mol. The molecule has 0 bridgehead atoms. The number of pyridine rings is 1. The summed E-state index contributed by atoms with van der Waals surface area (Å²) < 4.78 is 0. The second-order valence-electron chi connectivity index (χ2n) is 4.32. The predicted molar refractivity (Wildman–Crippen MR) is 76.5 cm³/mol. The quantitative estimate of drug-likeness (QED) is 0.805. The lowest BCUT2D eigenvalue weighted by molar-refractivity contribution is 0.0997. The number of carbonyl (C=O) groups excluding carboxylic acids is 1. The Kier molecular flexibility index (Phi) is 3.48. The molecule has 0 radical (unpaired) electrons. The van der Waals surface area contributed by atoms with Crippen molar-refractivity contribution in [3.05, 3.63) is 51.5 Å². The third kappa shape index (κ3) is 2.49. The summed E-state index contributed by atoms with van der Waals surface area (Å²) in [6.07, 6.45) is 5.07. The highest BCUT2D eigenvalue weighted by Crippen LogP contribution is 2.32. The number of ketones is 1. The maximum atomic E-state index is 12.2. The molecule has 0 amide bonds. The van der Waals surface area contributed by atoms with Gasteiger partial charge in [-0.25, -0.2) is 0 Å². The van der Waals surface area contributed by atoms with Crippen LogP contribution in [0.5, 0.6) is 0 Å². The van der Waals surface area contributed by atoms with Crippen molar-refractivity contribution in [3.8, 4) is 0 Å². The van der Waals surface area contributed by atoms with Crippen LogP contribution in [0.4, 0.5) is 0 Å². The van der Waals surface area contributed by atoms with E-state index in [0.717, 1.165) is 22.6 Å². The molecule has 0 aliphatic carbocycles. The molecule has 0 fully saturated rings. The summed E-state index contributed by atoms with van der Waals surface area (Å²) in [7, 11) is 0. The van der Waals surface area contributed by atoms with Crippen molar-refractivity contribution in [2.45, 2.75) is 18.6 Å². The molecule has 0 aromatic carbocycles. The molecule has 0 saturated carbocycles. The molecule has 92 valence electrons. The predicted octanol–water partition coefficient (Wildman–Crippen LogP) is 3.36. The van der Waals surface area contributed by atoms with E-state index in [1.165, 1.54) is 16.2 Å². The van der Waals surface area contributed by atoms with Crippen molar-refractivity contribution in [1.82, 2.24) is 4.98 Å². The van der Waals surface area contributed by atoms with Crippen molar-refractivity contribution in [2.24, 2.45) is 0 Å². The number of hydrogen-bond acceptors (Lipinski definition) is 4. The van der Waals surface area contributed by atoms with E-state index in [4.69, 9.17) is 0 Å². The standard InChI is InChI=1S/C14H13NOS2/c16-12(7-10-1-4-15-5-2-10)14-8-11-9-17-6-3-13(11)18-14/h1-2,4-5,8H,3,6-7,9H2. The molecule has 0 saturated heterocycles. The maximum absolute atomic E-state index is 12.2. The van der Waals surface area contributed by atoms with Gasteiger partial charge in [0, 0.05) is 29.4 Å². The van der Waals surface area contributed by atoms with Crippen LogP contribution in [0.2, 0.25) is 0 Å². The molecular formula is C14H13NOS2. The van der Waals surface area contributed by atoms with Crippen LogP contribution in [0, 0.1) is 0 Å². The molecule has 4 heteroatoms. The molecule has 2 nitrogen and oxygen atoms in total. The van der Waals surface area contributed by atoms with Crippen molar-refractivity contribution in [1.29, 1.82) is 0 Å². The Labute approximate surface area is 114 Å². The molecule has 0 atom stereocenters. The Morgan fingerprint density at radius 3 is 2.94 bits per heavy atom. The molecule has 1 aliphatic heterocycles. The average molecular weight is 275 g/mol.